The fourth-order valence-corrected chi connectivity index (χ4v) is 3.32. The van der Waals surface area contributed by atoms with E-state index in [4.69, 9.17) is 5.73 Å². The van der Waals surface area contributed by atoms with Crippen molar-refractivity contribution in [3.05, 3.63) is 22.2 Å². The normalized spacial score (nSPS) is 10.9. The first-order chi connectivity index (χ1) is 9.54. The molecule has 2 rings (SSSR count). The van der Waals surface area contributed by atoms with Crippen molar-refractivity contribution in [1.29, 1.82) is 0 Å². The molecule has 2 aromatic heterocycles. The molecule has 108 valence electrons. The maximum absolute atomic E-state index is 12.2. The third-order valence-electron chi connectivity index (χ3n) is 3.12. The van der Waals surface area contributed by atoms with E-state index >= 15 is 0 Å². The number of anilines is 1. The zero-order valence-electron chi connectivity index (χ0n) is 12.0. The van der Waals surface area contributed by atoms with E-state index in [-0.39, 0.29) is 5.91 Å². The third-order valence-corrected chi connectivity index (χ3v) is 4.22. The number of nitrogens with two attached hydrogens (primary N) is 1. The monoisotopic (exact) mass is 292 g/mol. The zero-order chi connectivity index (χ0) is 14.7. The number of rotatable bonds is 5. The fourth-order valence-electron chi connectivity index (χ4n) is 2.19. The van der Waals surface area contributed by atoms with Crippen molar-refractivity contribution in [3.63, 3.8) is 0 Å². The van der Waals surface area contributed by atoms with Crippen molar-refractivity contribution in [2.24, 2.45) is 0 Å². The summed E-state index contributed by atoms with van der Waals surface area (Å²) in [6.45, 7) is 5.45. The van der Waals surface area contributed by atoms with E-state index in [9.17, 15) is 4.79 Å². The van der Waals surface area contributed by atoms with Gasteiger partial charge in [-0.05, 0) is 45.5 Å². The number of nitrogens with one attached hydrogen (secondary N) is 2. The van der Waals surface area contributed by atoms with Crippen LogP contribution in [0.5, 0.6) is 0 Å². The van der Waals surface area contributed by atoms with Gasteiger partial charge in [-0.25, -0.2) is 4.98 Å². The molecule has 0 aliphatic carbocycles. The van der Waals surface area contributed by atoms with Crippen LogP contribution < -0.4 is 16.4 Å². The first kappa shape index (κ1) is 14.7. The molecule has 0 fully saturated rings. The minimum absolute atomic E-state index is 0.112. The molecule has 2 aromatic rings. The number of carbonyl (C=O) groups is 1. The standard InChI is InChI=1S/C14H20N4OS/c1-8-7-9(2)18-14-10(8)11(15)12(20-14)13(19)17-6-4-5-16-3/h7,16H,4-6,15H2,1-3H3,(H,17,19). The van der Waals surface area contributed by atoms with E-state index in [1.165, 1.54) is 11.3 Å². The summed E-state index contributed by atoms with van der Waals surface area (Å²) in [7, 11) is 1.89. The minimum Gasteiger partial charge on any atom is -0.397 e. The Kier molecular flexibility index (Phi) is 4.57. The fraction of sp³-hybridized carbons (Fsp3) is 0.429. The molecule has 0 saturated carbocycles. The Morgan fingerprint density at radius 2 is 2.15 bits per heavy atom. The lowest BCUT2D eigenvalue weighted by molar-refractivity contribution is 0.0958. The van der Waals surface area contributed by atoms with E-state index in [1.54, 1.807) is 0 Å². The van der Waals surface area contributed by atoms with Gasteiger partial charge in [0.2, 0.25) is 0 Å². The van der Waals surface area contributed by atoms with Crippen LogP contribution >= 0.6 is 11.3 Å². The van der Waals surface area contributed by atoms with Gasteiger partial charge >= 0.3 is 0 Å². The largest absolute Gasteiger partial charge is 0.397 e. The van der Waals surface area contributed by atoms with Crippen LogP contribution in [0.1, 0.15) is 27.3 Å². The van der Waals surface area contributed by atoms with Gasteiger partial charge < -0.3 is 16.4 Å². The molecule has 20 heavy (non-hydrogen) atoms. The summed E-state index contributed by atoms with van der Waals surface area (Å²) in [5.74, 6) is -0.112. The predicted octanol–water partition coefficient (Wildman–Crippen LogP) is 1.83. The summed E-state index contributed by atoms with van der Waals surface area (Å²) in [6.07, 6.45) is 0.892. The highest BCUT2D eigenvalue weighted by Gasteiger charge is 2.18. The number of nitrogens with zero attached hydrogens (tertiary/aromatic N) is 1. The second-order valence-corrected chi connectivity index (χ2v) is 5.82. The average Bonchev–Trinajstić information content (AvgIpc) is 2.71. The molecular formula is C14H20N4OS. The lowest BCUT2D eigenvalue weighted by Gasteiger charge is -2.04. The lowest BCUT2D eigenvalue weighted by atomic mass is 10.1. The van der Waals surface area contributed by atoms with Crippen molar-refractivity contribution in [2.45, 2.75) is 20.3 Å². The first-order valence-electron chi connectivity index (χ1n) is 6.63. The number of hydrogen-bond donors (Lipinski definition) is 3. The average molecular weight is 292 g/mol. The molecule has 0 aliphatic heterocycles. The second kappa shape index (κ2) is 6.19. The Balaban J connectivity index is 2.24. The highest BCUT2D eigenvalue weighted by molar-refractivity contribution is 7.21. The van der Waals surface area contributed by atoms with E-state index < -0.39 is 0 Å². The van der Waals surface area contributed by atoms with Gasteiger partial charge in [0.15, 0.2) is 0 Å². The molecule has 0 radical (unpaired) electrons. The van der Waals surface area contributed by atoms with Gasteiger partial charge in [-0.2, -0.15) is 0 Å². The molecule has 4 N–H and O–H groups in total. The van der Waals surface area contributed by atoms with Crippen LogP contribution in [-0.2, 0) is 0 Å². The number of amides is 1. The maximum Gasteiger partial charge on any atom is 0.263 e. The van der Waals surface area contributed by atoms with Crippen LogP contribution in [0, 0.1) is 13.8 Å². The molecule has 0 atom stereocenters. The van der Waals surface area contributed by atoms with Crippen LogP contribution in [-0.4, -0.2) is 31.0 Å². The minimum atomic E-state index is -0.112. The van der Waals surface area contributed by atoms with Gasteiger partial charge in [0.05, 0.1) is 5.69 Å². The van der Waals surface area contributed by atoms with Gasteiger partial charge in [0.1, 0.15) is 9.71 Å². The summed E-state index contributed by atoms with van der Waals surface area (Å²) in [6, 6.07) is 1.99. The smallest absolute Gasteiger partial charge is 0.263 e. The number of hydrogen-bond acceptors (Lipinski definition) is 5. The molecule has 1 amide bonds. The number of thiophene rings is 1. The van der Waals surface area contributed by atoms with E-state index in [2.05, 4.69) is 15.6 Å². The van der Waals surface area contributed by atoms with Crippen LogP contribution in [0.25, 0.3) is 10.2 Å². The van der Waals surface area contributed by atoms with Crippen molar-refractivity contribution >= 4 is 33.1 Å². The van der Waals surface area contributed by atoms with Gasteiger partial charge in [-0.1, -0.05) is 0 Å². The van der Waals surface area contributed by atoms with E-state index in [0.29, 0.717) is 17.1 Å². The Bertz CT molecular complexity index is 636. The molecule has 0 saturated heterocycles. The SMILES string of the molecule is CNCCCNC(=O)c1sc2nc(C)cc(C)c2c1N. The maximum atomic E-state index is 12.2. The Labute approximate surface area is 122 Å². The molecule has 5 nitrogen and oxygen atoms in total. The van der Waals surface area contributed by atoms with Crippen molar-refractivity contribution in [1.82, 2.24) is 15.6 Å². The topological polar surface area (TPSA) is 80.0 Å². The number of aryl methyl sites for hydroxylation is 2. The van der Waals surface area contributed by atoms with Gasteiger partial charge in [-0.3, -0.25) is 4.79 Å². The van der Waals surface area contributed by atoms with Crippen molar-refractivity contribution in [2.75, 3.05) is 25.9 Å². The van der Waals surface area contributed by atoms with E-state index in [1.807, 2.05) is 27.0 Å². The van der Waals surface area contributed by atoms with Crippen LogP contribution in [0.2, 0.25) is 0 Å². The Morgan fingerprint density at radius 1 is 1.40 bits per heavy atom. The Hall–Kier alpha value is -1.66. The van der Waals surface area contributed by atoms with Crippen LogP contribution in [0.3, 0.4) is 0 Å². The van der Waals surface area contributed by atoms with E-state index in [0.717, 1.165) is 34.4 Å². The van der Waals surface area contributed by atoms with Gasteiger partial charge in [-0.15, -0.1) is 11.3 Å². The first-order valence-corrected chi connectivity index (χ1v) is 7.45. The summed E-state index contributed by atoms with van der Waals surface area (Å²) >= 11 is 1.36. The second-order valence-electron chi connectivity index (χ2n) is 4.82. The number of pyridine rings is 1. The highest BCUT2D eigenvalue weighted by Crippen LogP contribution is 2.34. The molecule has 0 aromatic carbocycles. The quantitative estimate of drug-likeness (QED) is 0.735. The van der Waals surface area contributed by atoms with Gasteiger partial charge in [0, 0.05) is 17.6 Å². The zero-order valence-corrected chi connectivity index (χ0v) is 12.9. The molecule has 0 bridgehead atoms. The van der Waals surface area contributed by atoms with Crippen LogP contribution in [0.4, 0.5) is 5.69 Å². The highest BCUT2D eigenvalue weighted by atomic mass is 32.1. The predicted molar refractivity (Wildman–Crippen MR) is 84.4 cm³/mol. The summed E-state index contributed by atoms with van der Waals surface area (Å²) < 4.78 is 0. The molecule has 0 aliphatic rings. The Morgan fingerprint density at radius 3 is 2.85 bits per heavy atom. The summed E-state index contributed by atoms with van der Waals surface area (Å²) in [5, 5.41) is 6.84. The summed E-state index contributed by atoms with van der Waals surface area (Å²) in [4.78, 5) is 18.0. The van der Waals surface area contributed by atoms with Crippen molar-refractivity contribution in [3.8, 4) is 0 Å². The number of carbonyl (C=O) groups excluding carboxylic acids is 1. The molecule has 0 spiro atoms. The number of nitrogen functional groups attached to an aromatic ring is 1. The number of fused-ring (bicyclic) bond motifs is 1. The van der Waals surface area contributed by atoms with Gasteiger partial charge in [0.25, 0.3) is 5.91 Å². The third kappa shape index (κ3) is 2.91. The van der Waals surface area contributed by atoms with Crippen molar-refractivity contribution < 1.29 is 4.79 Å². The molecule has 2 heterocycles. The number of aromatic nitrogens is 1. The molecule has 0 unspecified atom stereocenters. The summed E-state index contributed by atoms with van der Waals surface area (Å²) in [5.41, 5.74) is 8.67. The molecular weight excluding hydrogens is 272 g/mol. The lowest BCUT2D eigenvalue weighted by Crippen LogP contribution is -2.26. The van der Waals surface area contributed by atoms with Crippen LogP contribution in [0.15, 0.2) is 6.07 Å². The molecule has 6 heteroatoms.